The van der Waals surface area contributed by atoms with Crippen molar-refractivity contribution in [2.75, 3.05) is 7.05 Å². The van der Waals surface area contributed by atoms with Crippen LogP contribution in [0.15, 0.2) is 30.3 Å². The van der Waals surface area contributed by atoms with Crippen molar-refractivity contribution in [1.82, 2.24) is 5.32 Å². The molecule has 0 aliphatic carbocycles. The smallest absolute Gasteiger partial charge is 0.0202 e. The van der Waals surface area contributed by atoms with Crippen LogP contribution in [0, 0.1) is 5.41 Å². The summed E-state index contributed by atoms with van der Waals surface area (Å²) in [5, 5.41) is 8.58. The Bertz CT molecular complexity index is 172. The Morgan fingerprint density at radius 3 is 2.27 bits per heavy atom. The van der Waals surface area contributed by atoms with Gasteiger partial charge in [0.1, 0.15) is 0 Å². The van der Waals surface area contributed by atoms with Crippen molar-refractivity contribution in [2.24, 2.45) is 0 Å². The summed E-state index contributed by atoms with van der Waals surface area (Å²) in [6.07, 6.45) is 0. The predicted octanol–water partition coefficient (Wildman–Crippen LogP) is 1.67. The quantitative estimate of drug-likeness (QED) is 0.618. The fourth-order valence-corrected chi connectivity index (χ4v) is 0.800. The van der Waals surface area contributed by atoms with Gasteiger partial charge in [-0.1, -0.05) is 30.3 Å². The summed E-state index contributed by atoms with van der Waals surface area (Å²) < 4.78 is 0. The van der Waals surface area contributed by atoms with Gasteiger partial charge in [-0.3, -0.25) is 0 Å². The molecule has 0 bridgehead atoms. The zero-order chi connectivity index (χ0) is 8.53. The molecule has 2 nitrogen and oxygen atoms in total. The minimum absolute atomic E-state index is 0.959. The first kappa shape index (κ1) is 9.85. The van der Waals surface area contributed by atoms with Crippen LogP contribution in [0.5, 0.6) is 0 Å². The molecule has 2 heteroatoms. The average Bonchev–Trinajstić information content (AvgIpc) is 2.11. The van der Waals surface area contributed by atoms with E-state index in [2.05, 4.69) is 24.2 Å². The molecule has 0 fully saturated rings. The van der Waals surface area contributed by atoms with Crippen LogP contribution < -0.4 is 5.32 Å². The molecule has 2 N–H and O–H groups in total. The maximum absolute atomic E-state index is 5.50. The number of benzene rings is 1. The van der Waals surface area contributed by atoms with Crippen LogP contribution in [-0.4, -0.2) is 13.8 Å². The Hall–Kier alpha value is -1.15. The fourth-order valence-electron chi connectivity index (χ4n) is 0.800. The van der Waals surface area contributed by atoms with Gasteiger partial charge in [-0.25, -0.2) is 0 Å². The van der Waals surface area contributed by atoms with Gasteiger partial charge in [-0.2, -0.15) is 0 Å². The van der Waals surface area contributed by atoms with Crippen molar-refractivity contribution in [2.45, 2.75) is 6.54 Å². The van der Waals surface area contributed by atoms with E-state index in [9.17, 15) is 0 Å². The molecule has 0 heterocycles. The molecule has 0 saturated carbocycles. The van der Waals surface area contributed by atoms with E-state index < -0.39 is 0 Å². The summed E-state index contributed by atoms with van der Waals surface area (Å²) in [5.74, 6) is 0. The fraction of sp³-hybridized carbons (Fsp3) is 0.222. The van der Waals surface area contributed by atoms with Crippen LogP contribution >= 0.6 is 0 Å². The maximum Gasteiger partial charge on any atom is 0.0202 e. The van der Waals surface area contributed by atoms with Gasteiger partial charge < -0.3 is 10.7 Å². The Morgan fingerprint density at radius 1 is 1.27 bits per heavy atom. The van der Waals surface area contributed by atoms with Crippen molar-refractivity contribution in [3.8, 4) is 0 Å². The minimum Gasteiger partial charge on any atom is -0.317 e. The Morgan fingerprint density at radius 2 is 1.82 bits per heavy atom. The van der Waals surface area contributed by atoms with Gasteiger partial charge in [-0.15, -0.1) is 0 Å². The summed E-state index contributed by atoms with van der Waals surface area (Å²) in [7, 11) is 1.95. The van der Waals surface area contributed by atoms with E-state index in [1.807, 2.05) is 25.2 Å². The second kappa shape index (κ2) is 6.96. The standard InChI is InChI=1S/C8H11N.CH3N/c1-9-7-8-5-3-2-4-6-8;1-2/h2-6,9H,7H2,1H3;2H,1H2. The molecule has 1 aromatic carbocycles. The Kier molecular flexibility index (Phi) is 6.24. The molecule has 0 aliphatic rings. The zero-order valence-corrected chi connectivity index (χ0v) is 6.80. The van der Waals surface area contributed by atoms with Gasteiger partial charge in [0.2, 0.25) is 0 Å². The molecular formula is C9H14N2. The molecule has 11 heavy (non-hydrogen) atoms. The van der Waals surface area contributed by atoms with E-state index in [-0.39, 0.29) is 0 Å². The van der Waals surface area contributed by atoms with Crippen molar-refractivity contribution < 1.29 is 0 Å². The van der Waals surface area contributed by atoms with Crippen molar-refractivity contribution in [3.63, 3.8) is 0 Å². The van der Waals surface area contributed by atoms with Gasteiger partial charge in [-0.05, 0) is 19.3 Å². The average molecular weight is 150 g/mol. The monoisotopic (exact) mass is 150 g/mol. The number of hydrogen-bond donors (Lipinski definition) is 2. The lowest BCUT2D eigenvalue weighted by Gasteiger charge is -1.95. The van der Waals surface area contributed by atoms with Gasteiger partial charge in [0, 0.05) is 6.54 Å². The summed E-state index contributed by atoms with van der Waals surface area (Å²) in [6.45, 7) is 3.46. The summed E-state index contributed by atoms with van der Waals surface area (Å²) in [4.78, 5) is 0. The van der Waals surface area contributed by atoms with Crippen LogP contribution in [0.25, 0.3) is 0 Å². The first-order chi connectivity index (χ1) is 5.43. The third-order valence-corrected chi connectivity index (χ3v) is 1.22. The number of rotatable bonds is 2. The molecule has 1 rings (SSSR count). The first-order valence-corrected chi connectivity index (χ1v) is 3.47. The zero-order valence-electron chi connectivity index (χ0n) is 6.80. The molecule has 60 valence electrons. The Balaban J connectivity index is 0.000000461. The normalized spacial score (nSPS) is 8.09. The second-order valence-electron chi connectivity index (χ2n) is 2.02. The SMILES string of the molecule is C=N.CNCc1ccccc1. The molecule has 0 amide bonds. The summed E-state index contributed by atoms with van der Waals surface area (Å²) in [5.41, 5.74) is 1.33. The van der Waals surface area contributed by atoms with Crippen molar-refractivity contribution in [3.05, 3.63) is 35.9 Å². The third kappa shape index (κ3) is 4.28. The van der Waals surface area contributed by atoms with Crippen LogP contribution in [0.4, 0.5) is 0 Å². The lowest BCUT2D eigenvalue weighted by molar-refractivity contribution is 0.818. The molecule has 0 saturated heterocycles. The molecule has 0 aliphatic heterocycles. The van der Waals surface area contributed by atoms with Gasteiger partial charge >= 0.3 is 0 Å². The third-order valence-electron chi connectivity index (χ3n) is 1.22. The van der Waals surface area contributed by atoms with Crippen molar-refractivity contribution in [1.29, 1.82) is 5.41 Å². The van der Waals surface area contributed by atoms with Gasteiger partial charge in [0.25, 0.3) is 0 Å². The van der Waals surface area contributed by atoms with E-state index in [0.717, 1.165) is 6.54 Å². The number of hydrogen-bond acceptors (Lipinski definition) is 2. The molecule has 0 spiro atoms. The van der Waals surface area contributed by atoms with E-state index in [1.165, 1.54) is 5.56 Å². The highest BCUT2D eigenvalue weighted by Gasteiger charge is 1.83. The molecule has 1 aromatic rings. The van der Waals surface area contributed by atoms with Crippen LogP contribution in [0.3, 0.4) is 0 Å². The second-order valence-corrected chi connectivity index (χ2v) is 2.02. The predicted molar refractivity (Wildman–Crippen MR) is 49.0 cm³/mol. The molecule has 0 atom stereocenters. The first-order valence-electron chi connectivity index (χ1n) is 3.47. The topological polar surface area (TPSA) is 35.9 Å². The molecule has 0 aromatic heterocycles. The minimum atomic E-state index is 0.959. The van der Waals surface area contributed by atoms with Crippen LogP contribution in [0.1, 0.15) is 5.56 Å². The largest absolute Gasteiger partial charge is 0.317 e. The lowest BCUT2D eigenvalue weighted by atomic mass is 10.2. The van der Waals surface area contributed by atoms with Gasteiger partial charge in [0.15, 0.2) is 0 Å². The highest BCUT2D eigenvalue weighted by Crippen LogP contribution is 1.95. The van der Waals surface area contributed by atoms with Crippen molar-refractivity contribution >= 4 is 6.72 Å². The Labute approximate surface area is 67.8 Å². The molecule has 0 radical (unpaired) electrons. The maximum atomic E-state index is 5.50. The van der Waals surface area contributed by atoms with E-state index in [1.54, 1.807) is 0 Å². The summed E-state index contributed by atoms with van der Waals surface area (Å²) in [6, 6.07) is 10.3. The van der Waals surface area contributed by atoms with E-state index in [4.69, 9.17) is 5.41 Å². The van der Waals surface area contributed by atoms with E-state index in [0.29, 0.717) is 0 Å². The van der Waals surface area contributed by atoms with E-state index >= 15 is 0 Å². The highest BCUT2D eigenvalue weighted by atomic mass is 14.8. The highest BCUT2D eigenvalue weighted by molar-refractivity contribution is 5.15. The molecule has 0 unspecified atom stereocenters. The molecular weight excluding hydrogens is 136 g/mol. The van der Waals surface area contributed by atoms with Crippen LogP contribution in [0.2, 0.25) is 0 Å². The summed E-state index contributed by atoms with van der Waals surface area (Å²) >= 11 is 0. The number of nitrogens with one attached hydrogen (secondary N) is 2. The lowest BCUT2D eigenvalue weighted by Crippen LogP contribution is -2.04. The van der Waals surface area contributed by atoms with Crippen LogP contribution in [-0.2, 0) is 6.54 Å². The van der Waals surface area contributed by atoms with Gasteiger partial charge in [0.05, 0.1) is 0 Å².